The summed E-state index contributed by atoms with van der Waals surface area (Å²) in [7, 11) is 1.75. The third-order valence-corrected chi connectivity index (χ3v) is 3.92. The number of ether oxygens (including phenoxy) is 1. The fourth-order valence-electron chi connectivity index (χ4n) is 2.80. The maximum atomic E-state index is 9.43. The molecule has 4 heteroatoms. The van der Waals surface area contributed by atoms with E-state index in [9.17, 15) is 5.26 Å². The van der Waals surface area contributed by atoms with Gasteiger partial charge in [0.25, 0.3) is 0 Å². The Labute approximate surface area is 127 Å². The molecule has 0 radical (unpaired) electrons. The number of hydrogen-bond acceptors (Lipinski definition) is 4. The zero-order valence-electron chi connectivity index (χ0n) is 13.2. The van der Waals surface area contributed by atoms with Crippen molar-refractivity contribution in [2.45, 2.75) is 32.9 Å². The number of nitriles is 1. The summed E-state index contributed by atoms with van der Waals surface area (Å²) in [5.74, 6) is 0.573. The fraction of sp³-hybridized carbons (Fsp3) is 0.588. The summed E-state index contributed by atoms with van der Waals surface area (Å²) in [6, 6.07) is 9.01. The van der Waals surface area contributed by atoms with Crippen LogP contribution in [-0.2, 0) is 11.3 Å². The third-order valence-electron chi connectivity index (χ3n) is 3.92. The molecule has 0 aliphatic carbocycles. The minimum Gasteiger partial charge on any atom is -0.384 e. The summed E-state index contributed by atoms with van der Waals surface area (Å²) in [5, 5.41) is 12.8. The highest BCUT2D eigenvalue weighted by molar-refractivity contribution is 5.61. The lowest BCUT2D eigenvalue weighted by atomic mass is 10.1. The summed E-state index contributed by atoms with van der Waals surface area (Å²) >= 11 is 0. The van der Waals surface area contributed by atoms with Gasteiger partial charge in [0.15, 0.2) is 0 Å². The Morgan fingerprint density at radius 2 is 2.29 bits per heavy atom. The molecule has 1 aromatic carbocycles. The molecule has 0 spiro atoms. The smallest absolute Gasteiger partial charge is 0.101 e. The van der Waals surface area contributed by atoms with Gasteiger partial charge in [0.2, 0.25) is 0 Å². The van der Waals surface area contributed by atoms with E-state index in [1.54, 1.807) is 7.11 Å². The zero-order chi connectivity index (χ0) is 15.2. The number of nitrogens with one attached hydrogen (secondary N) is 1. The Balaban J connectivity index is 2.08. The lowest BCUT2D eigenvalue weighted by molar-refractivity contribution is 0.161. The summed E-state index contributed by atoms with van der Waals surface area (Å²) in [4.78, 5) is 2.31. The highest BCUT2D eigenvalue weighted by Crippen LogP contribution is 2.27. The molecule has 1 N–H and O–H groups in total. The van der Waals surface area contributed by atoms with Gasteiger partial charge in [-0.2, -0.15) is 5.26 Å². The maximum Gasteiger partial charge on any atom is 0.101 e. The van der Waals surface area contributed by atoms with E-state index in [2.05, 4.69) is 42.3 Å². The second-order valence-electron chi connectivity index (χ2n) is 6.05. The van der Waals surface area contributed by atoms with Gasteiger partial charge >= 0.3 is 0 Å². The summed E-state index contributed by atoms with van der Waals surface area (Å²) < 4.78 is 5.24. The van der Waals surface area contributed by atoms with Gasteiger partial charge in [0, 0.05) is 38.7 Å². The fourth-order valence-corrected chi connectivity index (χ4v) is 2.80. The minimum atomic E-state index is 0.448. The average molecular weight is 287 g/mol. The van der Waals surface area contributed by atoms with Gasteiger partial charge in [0.1, 0.15) is 6.07 Å². The van der Waals surface area contributed by atoms with Gasteiger partial charge < -0.3 is 15.0 Å². The molecule has 1 aliphatic rings. The highest BCUT2D eigenvalue weighted by atomic mass is 16.5. The second kappa shape index (κ2) is 7.44. The Kier molecular flexibility index (Phi) is 5.60. The molecule has 1 fully saturated rings. The van der Waals surface area contributed by atoms with Crippen LogP contribution in [0.15, 0.2) is 18.2 Å². The van der Waals surface area contributed by atoms with Gasteiger partial charge in [-0.15, -0.1) is 0 Å². The standard InChI is InChI=1S/C17H25N3O/c1-13(2)19-10-14-4-5-17(16(8-14)9-18)20-7-6-15(11-20)12-21-3/h4-5,8,13,15,19H,6-7,10-12H2,1-3H3. The molecule has 4 nitrogen and oxygen atoms in total. The Hall–Kier alpha value is -1.57. The summed E-state index contributed by atoms with van der Waals surface area (Å²) in [5.41, 5.74) is 3.00. The van der Waals surface area contributed by atoms with Gasteiger partial charge in [-0.3, -0.25) is 0 Å². The molecule has 0 aromatic heterocycles. The number of benzene rings is 1. The van der Waals surface area contributed by atoms with E-state index in [1.807, 2.05) is 6.07 Å². The number of methoxy groups -OCH3 is 1. The van der Waals surface area contributed by atoms with Crippen molar-refractivity contribution in [3.05, 3.63) is 29.3 Å². The molecule has 114 valence electrons. The van der Waals surface area contributed by atoms with E-state index in [0.717, 1.165) is 49.5 Å². The molecule has 1 saturated heterocycles. The average Bonchev–Trinajstić information content (AvgIpc) is 2.93. The second-order valence-corrected chi connectivity index (χ2v) is 6.05. The number of nitrogens with zero attached hydrogens (tertiary/aromatic N) is 2. The number of rotatable bonds is 6. The molecule has 1 aliphatic heterocycles. The van der Waals surface area contributed by atoms with E-state index < -0.39 is 0 Å². The molecule has 1 heterocycles. The SMILES string of the molecule is COCC1CCN(c2ccc(CNC(C)C)cc2C#N)C1. The van der Waals surface area contributed by atoms with Crippen LogP contribution in [0.25, 0.3) is 0 Å². The van der Waals surface area contributed by atoms with Gasteiger partial charge in [-0.05, 0) is 24.1 Å². The van der Waals surface area contributed by atoms with Crippen molar-refractivity contribution in [3.63, 3.8) is 0 Å². The van der Waals surface area contributed by atoms with Crippen LogP contribution >= 0.6 is 0 Å². The van der Waals surface area contributed by atoms with Gasteiger partial charge in [-0.1, -0.05) is 19.9 Å². The number of hydrogen-bond donors (Lipinski definition) is 1. The molecule has 0 saturated carbocycles. The van der Waals surface area contributed by atoms with Crippen LogP contribution in [0.5, 0.6) is 0 Å². The predicted octanol–water partition coefficient (Wildman–Crippen LogP) is 2.53. The first-order chi connectivity index (χ1) is 10.1. The van der Waals surface area contributed by atoms with Crippen LogP contribution in [0.4, 0.5) is 5.69 Å². The Morgan fingerprint density at radius 3 is 2.95 bits per heavy atom. The van der Waals surface area contributed by atoms with Crippen molar-refractivity contribution >= 4 is 5.69 Å². The van der Waals surface area contributed by atoms with Gasteiger partial charge in [0.05, 0.1) is 17.9 Å². The lowest BCUT2D eigenvalue weighted by Crippen LogP contribution is -2.23. The molecule has 1 aromatic rings. The van der Waals surface area contributed by atoms with E-state index in [1.165, 1.54) is 0 Å². The molecule has 1 unspecified atom stereocenters. The molecular formula is C17H25N3O. The largest absolute Gasteiger partial charge is 0.384 e. The summed E-state index contributed by atoms with van der Waals surface area (Å²) in [6.07, 6.45) is 1.13. The number of anilines is 1. The van der Waals surface area contributed by atoms with Crippen molar-refractivity contribution in [1.29, 1.82) is 5.26 Å². The van der Waals surface area contributed by atoms with E-state index >= 15 is 0 Å². The van der Waals surface area contributed by atoms with Crippen molar-refractivity contribution in [3.8, 4) is 6.07 Å². The normalized spacial score (nSPS) is 18.2. The third kappa shape index (κ3) is 4.20. The monoisotopic (exact) mass is 287 g/mol. The molecule has 21 heavy (non-hydrogen) atoms. The van der Waals surface area contributed by atoms with Crippen molar-refractivity contribution in [2.24, 2.45) is 5.92 Å². The van der Waals surface area contributed by atoms with E-state index in [0.29, 0.717) is 12.0 Å². The zero-order valence-corrected chi connectivity index (χ0v) is 13.2. The first kappa shape index (κ1) is 15.8. The topological polar surface area (TPSA) is 48.3 Å². The Bertz CT molecular complexity index is 507. The minimum absolute atomic E-state index is 0.448. The van der Waals surface area contributed by atoms with Crippen LogP contribution in [0.1, 0.15) is 31.4 Å². The van der Waals surface area contributed by atoms with Crippen LogP contribution in [0, 0.1) is 17.2 Å². The molecule has 0 amide bonds. The van der Waals surface area contributed by atoms with Crippen molar-refractivity contribution < 1.29 is 4.74 Å². The van der Waals surface area contributed by atoms with E-state index in [-0.39, 0.29) is 0 Å². The summed E-state index contributed by atoms with van der Waals surface area (Å²) in [6.45, 7) is 7.84. The van der Waals surface area contributed by atoms with E-state index in [4.69, 9.17) is 4.74 Å². The Morgan fingerprint density at radius 1 is 1.48 bits per heavy atom. The van der Waals surface area contributed by atoms with Crippen LogP contribution < -0.4 is 10.2 Å². The molecular weight excluding hydrogens is 262 g/mol. The van der Waals surface area contributed by atoms with Crippen molar-refractivity contribution in [1.82, 2.24) is 5.32 Å². The maximum absolute atomic E-state index is 9.43. The van der Waals surface area contributed by atoms with Crippen LogP contribution in [0.2, 0.25) is 0 Å². The van der Waals surface area contributed by atoms with Crippen LogP contribution in [-0.4, -0.2) is 32.8 Å². The van der Waals surface area contributed by atoms with Gasteiger partial charge in [-0.25, -0.2) is 0 Å². The molecule has 2 rings (SSSR count). The molecule has 0 bridgehead atoms. The molecule has 1 atom stereocenters. The first-order valence-electron chi connectivity index (χ1n) is 7.64. The van der Waals surface area contributed by atoms with Crippen LogP contribution in [0.3, 0.4) is 0 Å². The first-order valence-corrected chi connectivity index (χ1v) is 7.64. The van der Waals surface area contributed by atoms with Crippen molar-refractivity contribution in [2.75, 3.05) is 31.7 Å². The predicted molar refractivity (Wildman–Crippen MR) is 85.3 cm³/mol. The lowest BCUT2D eigenvalue weighted by Gasteiger charge is -2.20. The quantitative estimate of drug-likeness (QED) is 0.873. The highest BCUT2D eigenvalue weighted by Gasteiger charge is 2.24.